The zero-order chi connectivity index (χ0) is 13.4. The molecule has 3 heterocycles. The van der Waals surface area contributed by atoms with Crippen LogP contribution in [0.3, 0.4) is 0 Å². The van der Waals surface area contributed by atoms with Crippen LogP contribution in [0, 0.1) is 0 Å². The van der Waals surface area contributed by atoms with Gasteiger partial charge < -0.3 is 11.1 Å². The normalized spacial score (nSPS) is 26.9. The standard InChI is InChI=1S/C14H23N5/c1-9(2)12-13(15)16-8-17-14(12)18-10-5-7-19-6-3-4-11(10)19/h8-11H,3-7H2,1-2H3,(H3,15,16,17,18). The Kier molecular flexibility index (Phi) is 3.31. The van der Waals surface area contributed by atoms with E-state index in [1.807, 2.05) is 0 Å². The first-order chi connectivity index (χ1) is 9.16. The van der Waals surface area contributed by atoms with Crippen LogP contribution < -0.4 is 11.1 Å². The van der Waals surface area contributed by atoms with Gasteiger partial charge in [-0.3, -0.25) is 4.90 Å². The van der Waals surface area contributed by atoms with Gasteiger partial charge in [-0.25, -0.2) is 9.97 Å². The van der Waals surface area contributed by atoms with Gasteiger partial charge in [0.2, 0.25) is 0 Å². The summed E-state index contributed by atoms with van der Waals surface area (Å²) in [4.78, 5) is 11.1. The van der Waals surface area contributed by atoms with E-state index < -0.39 is 0 Å². The van der Waals surface area contributed by atoms with Crippen molar-refractivity contribution < 1.29 is 0 Å². The van der Waals surface area contributed by atoms with E-state index in [0.29, 0.717) is 23.8 Å². The van der Waals surface area contributed by atoms with Gasteiger partial charge in [0, 0.05) is 24.2 Å². The molecule has 0 aliphatic carbocycles. The summed E-state index contributed by atoms with van der Waals surface area (Å²) in [7, 11) is 0. The third-order valence-electron chi connectivity index (χ3n) is 4.42. The van der Waals surface area contributed by atoms with Crippen molar-refractivity contribution in [1.29, 1.82) is 0 Å². The number of hydrogen-bond donors (Lipinski definition) is 2. The summed E-state index contributed by atoms with van der Waals surface area (Å²) in [5.74, 6) is 1.87. The maximum atomic E-state index is 6.00. The van der Waals surface area contributed by atoms with E-state index in [-0.39, 0.29) is 0 Å². The van der Waals surface area contributed by atoms with Gasteiger partial charge in [0.1, 0.15) is 18.0 Å². The second kappa shape index (κ2) is 4.96. The molecule has 2 aliphatic heterocycles. The molecule has 2 unspecified atom stereocenters. The fourth-order valence-electron chi connectivity index (χ4n) is 3.52. The topological polar surface area (TPSA) is 67.1 Å². The van der Waals surface area contributed by atoms with Gasteiger partial charge in [-0.15, -0.1) is 0 Å². The van der Waals surface area contributed by atoms with Crippen molar-refractivity contribution in [3.63, 3.8) is 0 Å². The Labute approximate surface area is 114 Å². The lowest BCUT2D eigenvalue weighted by molar-refractivity contribution is 0.318. The van der Waals surface area contributed by atoms with E-state index in [2.05, 4.69) is 34.0 Å². The Hall–Kier alpha value is -1.36. The first-order valence-electron chi connectivity index (χ1n) is 7.27. The molecule has 1 aromatic rings. The summed E-state index contributed by atoms with van der Waals surface area (Å²) in [6, 6.07) is 1.19. The minimum atomic E-state index is 0.338. The van der Waals surface area contributed by atoms with Crippen LogP contribution in [-0.2, 0) is 0 Å². The van der Waals surface area contributed by atoms with Crippen LogP contribution in [0.2, 0.25) is 0 Å². The average Bonchev–Trinajstić information content (AvgIpc) is 2.93. The van der Waals surface area contributed by atoms with Crippen LogP contribution in [0.15, 0.2) is 6.33 Å². The van der Waals surface area contributed by atoms with E-state index in [9.17, 15) is 0 Å². The molecular weight excluding hydrogens is 238 g/mol. The highest BCUT2D eigenvalue weighted by Gasteiger charge is 2.37. The maximum absolute atomic E-state index is 6.00. The largest absolute Gasteiger partial charge is 0.383 e. The summed E-state index contributed by atoms with van der Waals surface area (Å²) < 4.78 is 0. The Morgan fingerprint density at radius 3 is 2.95 bits per heavy atom. The molecule has 0 spiro atoms. The predicted octanol–water partition coefficient (Wildman–Crippen LogP) is 1.83. The van der Waals surface area contributed by atoms with Crippen molar-refractivity contribution in [1.82, 2.24) is 14.9 Å². The molecule has 5 heteroatoms. The highest BCUT2D eigenvalue weighted by atomic mass is 15.2. The fourth-order valence-corrected chi connectivity index (χ4v) is 3.52. The molecule has 2 atom stereocenters. The molecule has 104 valence electrons. The SMILES string of the molecule is CC(C)c1c(N)ncnc1NC1CCN2CCCC12. The molecule has 1 aromatic heterocycles. The summed E-state index contributed by atoms with van der Waals surface area (Å²) in [6.45, 7) is 6.74. The van der Waals surface area contributed by atoms with Gasteiger partial charge in [0.15, 0.2) is 0 Å². The van der Waals surface area contributed by atoms with Crippen LogP contribution in [0.25, 0.3) is 0 Å². The number of nitrogen functional groups attached to an aromatic ring is 1. The molecule has 2 saturated heterocycles. The Morgan fingerprint density at radius 1 is 1.32 bits per heavy atom. The van der Waals surface area contributed by atoms with Crippen LogP contribution in [-0.4, -0.2) is 40.0 Å². The third kappa shape index (κ3) is 2.27. The number of rotatable bonds is 3. The molecule has 3 rings (SSSR count). The second-order valence-electron chi connectivity index (χ2n) is 5.96. The van der Waals surface area contributed by atoms with Gasteiger partial charge in [-0.1, -0.05) is 13.8 Å². The molecule has 3 N–H and O–H groups in total. The van der Waals surface area contributed by atoms with Gasteiger partial charge in [-0.2, -0.15) is 0 Å². The average molecular weight is 261 g/mol. The lowest BCUT2D eigenvalue weighted by atomic mass is 10.0. The maximum Gasteiger partial charge on any atom is 0.135 e. The van der Waals surface area contributed by atoms with Crippen molar-refractivity contribution in [3.05, 3.63) is 11.9 Å². The fraction of sp³-hybridized carbons (Fsp3) is 0.714. The number of fused-ring (bicyclic) bond motifs is 1. The number of aromatic nitrogens is 2. The quantitative estimate of drug-likeness (QED) is 0.869. The van der Waals surface area contributed by atoms with Crippen molar-refractivity contribution >= 4 is 11.6 Å². The summed E-state index contributed by atoms with van der Waals surface area (Å²) in [5.41, 5.74) is 7.06. The molecule has 0 saturated carbocycles. The highest BCUT2D eigenvalue weighted by molar-refractivity contribution is 5.57. The number of nitrogens with two attached hydrogens (primary N) is 1. The van der Waals surface area contributed by atoms with Crippen LogP contribution in [0.4, 0.5) is 11.6 Å². The van der Waals surface area contributed by atoms with Crippen LogP contribution >= 0.6 is 0 Å². The second-order valence-corrected chi connectivity index (χ2v) is 5.96. The van der Waals surface area contributed by atoms with Crippen molar-refractivity contribution in [2.75, 3.05) is 24.1 Å². The summed E-state index contributed by atoms with van der Waals surface area (Å²) in [5, 5.41) is 3.63. The van der Waals surface area contributed by atoms with Crippen LogP contribution in [0.1, 0.15) is 44.6 Å². The first-order valence-corrected chi connectivity index (χ1v) is 7.27. The van der Waals surface area contributed by atoms with Crippen molar-refractivity contribution in [2.24, 2.45) is 0 Å². The first kappa shape index (κ1) is 12.7. The van der Waals surface area contributed by atoms with Gasteiger partial charge in [0.05, 0.1) is 0 Å². The Balaban J connectivity index is 1.82. The van der Waals surface area contributed by atoms with E-state index >= 15 is 0 Å². The smallest absolute Gasteiger partial charge is 0.135 e. The van der Waals surface area contributed by atoms with E-state index in [1.165, 1.54) is 32.4 Å². The van der Waals surface area contributed by atoms with Gasteiger partial charge in [0.25, 0.3) is 0 Å². The zero-order valence-corrected chi connectivity index (χ0v) is 11.8. The minimum Gasteiger partial charge on any atom is -0.383 e. The lowest BCUT2D eigenvalue weighted by Crippen LogP contribution is -2.34. The molecule has 0 bridgehead atoms. The molecule has 0 aromatic carbocycles. The molecule has 2 aliphatic rings. The number of anilines is 2. The minimum absolute atomic E-state index is 0.338. The monoisotopic (exact) mass is 261 g/mol. The Morgan fingerprint density at radius 2 is 2.16 bits per heavy atom. The Bertz CT molecular complexity index is 459. The lowest BCUT2D eigenvalue weighted by Gasteiger charge is -2.24. The number of hydrogen-bond acceptors (Lipinski definition) is 5. The molecule has 0 radical (unpaired) electrons. The molecule has 2 fully saturated rings. The number of nitrogens with one attached hydrogen (secondary N) is 1. The van der Waals surface area contributed by atoms with E-state index in [4.69, 9.17) is 5.73 Å². The van der Waals surface area contributed by atoms with Crippen LogP contribution in [0.5, 0.6) is 0 Å². The molecule has 19 heavy (non-hydrogen) atoms. The van der Waals surface area contributed by atoms with Gasteiger partial charge in [-0.05, 0) is 31.7 Å². The summed E-state index contributed by atoms with van der Waals surface area (Å²) >= 11 is 0. The van der Waals surface area contributed by atoms with E-state index in [1.54, 1.807) is 6.33 Å². The van der Waals surface area contributed by atoms with E-state index in [0.717, 1.165) is 11.4 Å². The molecular formula is C14H23N5. The third-order valence-corrected chi connectivity index (χ3v) is 4.42. The van der Waals surface area contributed by atoms with Crippen molar-refractivity contribution in [3.8, 4) is 0 Å². The van der Waals surface area contributed by atoms with Gasteiger partial charge >= 0.3 is 0 Å². The predicted molar refractivity (Wildman–Crippen MR) is 77.2 cm³/mol. The number of nitrogens with zero attached hydrogens (tertiary/aromatic N) is 3. The summed E-state index contributed by atoms with van der Waals surface area (Å²) in [6.07, 6.45) is 5.39. The molecule has 5 nitrogen and oxygen atoms in total. The van der Waals surface area contributed by atoms with Crippen molar-refractivity contribution in [2.45, 2.75) is 51.1 Å². The zero-order valence-electron chi connectivity index (χ0n) is 11.8. The molecule has 0 amide bonds. The highest BCUT2D eigenvalue weighted by Crippen LogP contribution is 2.32.